The van der Waals surface area contributed by atoms with Gasteiger partial charge in [0.05, 0.1) is 16.0 Å². The lowest BCUT2D eigenvalue weighted by Crippen LogP contribution is -2.37. The Morgan fingerprint density at radius 3 is 2.19 bits per heavy atom. The summed E-state index contributed by atoms with van der Waals surface area (Å²) < 4.78 is 1.13. The van der Waals surface area contributed by atoms with E-state index < -0.39 is 22.4 Å². The van der Waals surface area contributed by atoms with Crippen LogP contribution in [0, 0.1) is 10.1 Å². The fourth-order valence-electron chi connectivity index (χ4n) is 3.76. The van der Waals surface area contributed by atoms with Gasteiger partial charge in [-0.05, 0) is 18.2 Å². The van der Waals surface area contributed by atoms with Crippen LogP contribution < -0.4 is 11.0 Å². The van der Waals surface area contributed by atoms with Crippen LogP contribution in [0.15, 0.2) is 88.8 Å². The largest absolute Gasteiger partial charge is 0.275 e. The average molecular weight is 425 g/mol. The smallest absolute Gasteiger partial charge is 0.270 e. The van der Waals surface area contributed by atoms with E-state index in [-0.39, 0.29) is 11.4 Å². The maximum absolute atomic E-state index is 13.3. The topological polar surface area (TPSA) is 119 Å². The number of nitro groups is 1. The Morgan fingerprint density at radius 2 is 1.50 bits per heavy atom. The van der Waals surface area contributed by atoms with Crippen LogP contribution in [0.2, 0.25) is 0 Å². The first-order valence-corrected chi connectivity index (χ1v) is 9.74. The van der Waals surface area contributed by atoms with Crippen LogP contribution in [0.3, 0.4) is 0 Å². The van der Waals surface area contributed by atoms with Crippen LogP contribution in [-0.2, 0) is 4.79 Å². The van der Waals surface area contributed by atoms with E-state index in [9.17, 15) is 19.7 Å². The Bertz CT molecular complexity index is 1460. The molecule has 3 aromatic carbocycles. The molecule has 2 heterocycles. The number of hydrogen-bond donors (Lipinski definition) is 1. The number of hydrogen-bond acceptors (Lipinski definition) is 6. The third kappa shape index (κ3) is 3.12. The fraction of sp³-hybridized carbons (Fsp3) is 0.0435. The molecule has 0 radical (unpaired) electrons. The number of amides is 1. The zero-order valence-electron chi connectivity index (χ0n) is 16.5. The monoisotopic (exact) mass is 425 g/mol. The molecule has 1 aliphatic rings. The highest BCUT2D eigenvalue weighted by atomic mass is 16.6. The van der Waals surface area contributed by atoms with Crippen LogP contribution in [0.4, 0.5) is 5.69 Å². The minimum atomic E-state index is -1.11. The molecule has 32 heavy (non-hydrogen) atoms. The molecule has 1 N–H and O–H groups in total. The molecule has 0 aliphatic carbocycles. The average Bonchev–Trinajstić information content (AvgIpc) is 3.21. The van der Waals surface area contributed by atoms with Crippen molar-refractivity contribution in [2.45, 2.75) is 6.04 Å². The van der Waals surface area contributed by atoms with E-state index in [4.69, 9.17) is 0 Å². The predicted molar refractivity (Wildman–Crippen MR) is 118 cm³/mol. The minimum Gasteiger partial charge on any atom is -0.270 e. The second kappa shape index (κ2) is 7.55. The first-order valence-electron chi connectivity index (χ1n) is 9.74. The molecule has 9 heteroatoms. The normalized spacial score (nSPS) is 15.4. The zero-order chi connectivity index (χ0) is 22.2. The number of fused-ring (bicyclic) bond motifs is 1. The van der Waals surface area contributed by atoms with Gasteiger partial charge in [-0.25, -0.2) is 10.1 Å². The van der Waals surface area contributed by atoms with E-state index in [1.165, 1.54) is 24.3 Å². The summed E-state index contributed by atoms with van der Waals surface area (Å²) in [5.74, 6) is -0.512. The summed E-state index contributed by atoms with van der Waals surface area (Å²) in [5.41, 5.74) is 3.97. The number of aromatic nitrogens is 2. The van der Waals surface area contributed by atoms with Crippen LogP contribution >= 0.6 is 0 Å². The third-order valence-electron chi connectivity index (χ3n) is 5.29. The summed E-state index contributed by atoms with van der Waals surface area (Å²) in [5, 5.41) is 20.7. The molecule has 1 amide bonds. The van der Waals surface area contributed by atoms with E-state index in [1.54, 1.807) is 12.1 Å². The lowest BCUT2D eigenvalue weighted by molar-refractivity contribution is -0.384. The molecule has 0 saturated heterocycles. The van der Waals surface area contributed by atoms with Gasteiger partial charge in [0.25, 0.3) is 17.2 Å². The van der Waals surface area contributed by atoms with Crippen molar-refractivity contribution in [2.75, 3.05) is 0 Å². The molecule has 5 rings (SSSR count). The molecular formula is C23H15N5O4. The lowest BCUT2D eigenvalue weighted by atomic mass is 10.0. The van der Waals surface area contributed by atoms with E-state index in [0.29, 0.717) is 22.0 Å². The Morgan fingerprint density at radius 1 is 0.844 bits per heavy atom. The van der Waals surface area contributed by atoms with Gasteiger partial charge in [-0.15, -0.1) is 0 Å². The Balaban J connectivity index is 1.70. The predicted octanol–water partition coefficient (Wildman–Crippen LogP) is 3.05. The minimum absolute atomic E-state index is 0.0875. The molecule has 0 spiro atoms. The fourth-order valence-corrected chi connectivity index (χ4v) is 3.76. The maximum Gasteiger partial charge on any atom is 0.275 e. The number of carbonyl (C=O) groups is 1. The van der Waals surface area contributed by atoms with E-state index in [2.05, 4.69) is 15.6 Å². The summed E-state index contributed by atoms with van der Waals surface area (Å²) in [6, 6.07) is 21.0. The number of nitrogens with zero attached hydrogens (tertiary/aromatic N) is 4. The van der Waals surface area contributed by atoms with Crippen LogP contribution in [0.25, 0.3) is 22.0 Å². The van der Waals surface area contributed by atoms with Gasteiger partial charge in [0.1, 0.15) is 5.71 Å². The number of benzene rings is 3. The second-order valence-electron chi connectivity index (χ2n) is 7.19. The molecule has 0 fully saturated rings. The second-order valence-corrected chi connectivity index (χ2v) is 7.19. The summed E-state index contributed by atoms with van der Waals surface area (Å²) in [6.07, 6.45) is 0. The molecule has 0 bridgehead atoms. The van der Waals surface area contributed by atoms with E-state index in [0.717, 1.165) is 10.2 Å². The molecule has 1 aliphatic heterocycles. The van der Waals surface area contributed by atoms with Gasteiger partial charge in [0.2, 0.25) is 0 Å². The highest BCUT2D eigenvalue weighted by Crippen LogP contribution is 2.27. The molecule has 4 aromatic rings. The van der Waals surface area contributed by atoms with Gasteiger partial charge in [-0.2, -0.15) is 10.2 Å². The Hall–Kier alpha value is -4.66. The Labute approximate surface area is 180 Å². The van der Waals surface area contributed by atoms with Crippen molar-refractivity contribution in [2.24, 2.45) is 5.10 Å². The van der Waals surface area contributed by atoms with Gasteiger partial charge in [-0.1, -0.05) is 48.5 Å². The quantitative estimate of drug-likeness (QED) is 0.398. The zero-order valence-corrected chi connectivity index (χ0v) is 16.5. The van der Waals surface area contributed by atoms with E-state index in [1.807, 2.05) is 42.5 Å². The summed E-state index contributed by atoms with van der Waals surface area (Å²) in [6.45, 7) is 0. The van der Waals surface area contributed by atoms with Gasteiger partial charge in [0, 0.05) is 28.6 Å². The van der Waals surface area contributed by atoms with Crippen molar-refractivity contribution in [3.8, 4) is 11.3 Å². The number of carbonyl (C=O) groups excluding carboxylic acids is 1. The van der Waals surface area contributed by atoms with Crippen molar-refractivity contribution in [1.82, 2.24) is 15.2 Å². The van der Waals surface area contributed by atoms with Gasteiger partial charge in [0.15, 0.2) is 6.04 Å². The number of nitro benzene ring substituents is 1. The first-order chi connectivity index (χ1) is 15.5. The van der Waals surface area contributed by atoms with Gasteiger partial charge in [-0.3, -0.25) is 19.7 Å². The third-order valence-corrected chi connectivity index (χ3v) is 5.29. The number of hydrazone groups is 1. The Kier molecular flexibility index (Phi) is 4.55. The molecule has 156 valence electrons. The number of nitrogens with one attached hydrogen (secondary N) is 1. The SMILES string of the molecule is O=C1NN=C(c2ccc([N+](=O)[O-])cc2)[C@H]1n1nc(-c2ccccc2)c2ccccc2c1=O. The van der Waals surface area contributed by atoms with Gasteiger partial charge < -0.3 is 0 Å². The van der Waals surface area contributed by atoms with Crippen molar-refractivity contribution in [3.05, 3.63) is 105 Å². The van der Waals surface area contributed by atoms with Crippen LogP contribution in [-0.4, -0.2) is 26.3 Å². The molecule has 1 atom stereocenters. The van der Waals surface area contributed by atoms with Crippen molar-refractivity contribution in [3.63, 3.8) is 0 Å². The molecule has 9 nitrogen and oxygen atoms in total. The standard InChI is InChI=1S/C23H15N5O4/c29-22-21(20(24-25-22)15-10-12-16(13-11-15)28(31)32)27-23(30)18-9-5-4-8-17(18)19(26-27)14-6-2-1-3-7-14/h1-13,21H,(H,25,29)/t21-/m1/s1. The molecule has 1 aromatic heterocycles. The highest BCUT2D eigenvalue weighted by molar-refractivity contribution is 6.18. The molecular weight excluding hydrogens is 410 g/mol. The van der Waals surface area contributed by atoms with Crippen molar-refractivity contribution < 1.29 is 9.72 Å². The van der Waals surface area contributed by atoms with Crippen molar-refractivity contribution >= 4 is 28.1 Å². The number of non-ortho nitro benzene ring substituents is 1. The maximum atomic E-state index is 13.3. The molecule has 0 unspecified atom stereocenters. The highest BCUT2D eigenvalue weighted by Gasteiger charge is 2.35. The van der Waals surface area contributed by atoms with Crippen molar-refractivity contribution in [1.29, 1.82) is 0 Å². The number of rotatable bonds is 4. The first kappa shape index (κ1) is 19.3. The lowest BCUT2D eigenvalue weighted by Gasteiger charge is -2.16. The summed E-state index contributed by atoms with van der Waals surface area (Å²) >= 11 is 0. The van der Waals surface area contributed by atoms with Crippen LogP contribution in [0.5, 0.6) is 0 Å². The van der Waals surface area contributed by atoms with Crippen LogP contribution in [0.1, 0.15) is 11.6 Å². The molecule has 0 saturated carbocycles. The van der Waals surface area contributed by atoms with E-state index >= 15 is 0 Å². The summed E-state index contributed by atoms with van der Waals surface area (Å²) in [4.78, 5) is 36.5. The summed E-state index contributed by atoms with van der Waals surface area (Å²) in [7, 11) is 0. The van der Waals surface area contributed by atoms with Gasteiger partial charge >= 0.3 is 0 Å².